The maximum atomic E-state index is 8.89. The van der Waals surface area contributed by atoms with Crippen molar-refractivity contribution in [2.24, 2.45) is 0 Å². The van der Waals surface area contributed by atoms with E-state index in [2.05, 4.69) is 42.6 Å². The first-order valence-electron chi connectivity index (χ1n) is 7.97. The third-order valence-electron chi connectivity index (χ3n) is 3.78. The Morgan fingerprint density at radius 3 is 2.74 bits per heavy atom. The van der Waals surface area contributed by atoms with Crippen LogP contribution in [0, 0.1) is 0 Å². The van der Waals surface area contributed by atoms with E-state index in [1.165, 1.54) is 18.4 Å². The SMILES string of the molecule is OCCCNc1nc(NCc2ccccc2Br)cc(C2CC2)n1. The van der Waals surface area contributed by atoms with Crippen molar-refractivity contribution in [3.8, 4) is 0 Å². The van der Waals surface area contributed by atoms with E-state index < -0.39 is 0 Å². The van der Waals surface area contributed by atoms with E-state index in [-0.39, 0.29) is 6.61 Å². The highest BCUT2D eigenvalue weighted by molar-refractivity contribution is 9.10. The lowest BCUT2D eigenvalue weighted by Crippen LogP contribution is -2.10. The van der Waals surface area contributed by atoms with Gasteiger partial charge in [0.15, 0.2) is 0 Å². The summed E-state index contributed by atoms with van der Waals surface area (Å²) in [4.78, 5) is 9.12. The molecule has 1 aliphatic carbocycles. The summed E-state index contributed by atoms with van der Waals surface area (Å²) in [5, 5.41) is 15.5. The lowest BCUT2D eigenvalue weighted by molar-refractivity contribution is 0.292. The highest BCUT2D eigenvalue weighted by Crippen LogP contribution is 2.39. The normalized spacial score (nSPS) is 13.8. The van der Waals surface area contributed by atoms with E-state index in [1.54, 1.807) is 0 Å². The van der Waals surface area contributed by atoms with Crippen LogP contribution >= 0.6 is 15.9 Å². The molecule has 1 aliphatic rings. The van der Waals surface area contributed by atoms with Gasteiger partial charge >= 0.3 is 0 Å². The van der Waals surface area contributed by atoms with Crippen LogP contribution < -0.4 is 10.6 Å². The summed E-state index contributed by atoms with van der Waals surface area (Å²) in [6.45, 7) is 1.55. The molecule has 0 spiro atoms. The van der Waals surface area contributed by atoms with E-state index in [4.69, 9.17) is 5.11 Å². The van der Waals surface area contributed by atoms with Gasteiger partial charge in [0, 0.05) is 36.2 Å². The summed E-state index contributed by atoms with van der Waals surface area (Å²) in [7, 11) is 0. The molecular formula is C17H21BrN4O. The quantitative estimate of drug-likeness (QED) is 0.614. The topological polar surface area (TPSA) is 70.1 Å². The average Bonchev–Trinajstić information content (AvgIpc) is 3.39. The molecular weight excluding hydrogens is 356 g/mol. The third-order valence-corrected chi connectivity index (χ3v) is 4.55. The number of halogens is 1. The van der Waals surface area contributed by atoms with Crippen molar-refractivity contribution in [1.82, 2.24) is 9.97 Å². The van der Waals surface area contributed by atoms with Gasteiger partial charge in [0.05, 0.1) is 5.69 Å². The Labute approximate surface area is 144 Å². The zero-order valence-corrected chi connectivity index (χ0v) is 14.5. The minimum Gasteiger partial charge on any atom is -0.396 e. The van der Waals surface area contributed by atoms with Gasteiger partial charge in [-0.1, -0.05) is 34.1 Å². The molecule has 2 aromatic rings. The first-order chi connectivity index (χ1) is 11.3. The molecule has 122 valence electrons. The smallest absolute Gasteiger partial charge is 0.224 e. The van der Waals surface area contributed by atoms with Crippen LogP contribution in [0.4, 0.5) is 11.8 Å². The summed E-state index contributed by atoms with van der Waals surface area (Å²) >= 11 is 3.57. The largest absolute Gasteiger partial charge is 0.396 e. The molecule has 0 saturated heterocycles. The van der Waals surface area contributed by atoms with E-state index >= 15 is 0 Å². The highest BCUT2D eigenvalue weighted by Gasteiger charge is 2.26. The molecule has 0 aliphatic heterocycles. The lowest BCUT2D eigenvalue weighted by atomic mass is 10.2. The van der Waals surface area contributed by atoms with Crippen LogP contribution in [-0.2, 0) is 6.54 Å². The third kappa shape index (κ3) is 4.65. The number of benzene rings is 1. The molecule has 3 rings (SSSR count). The van der Waals surface area contributed by atoms with Crippen molar-refractivity contribution < 1.29 is 5.11 Å². The molecule has 1 heterocycles. The fourth-order valence-corrected chi connectivity index (χ4v) is 2.76. The van der Waals surface area contributed by atoms with E-state index in [0.29, 0.717) is 31.4 Å². The molecule has 6 heteroatoms. The van der Waals surface area contributed by atoms with Gasteiger partial charge in [-0.25, -0.2) is 4.98 Å². The van der Waals surface area contributed by atoms with Crippen LogP contribution in [0.25, 0.3) is 0 Å². The number of aromatic nitrogens is 2. The molecule has 3 N–H and O–H groups in total. The van der Waals surface area contributed by atoms with E-state index in [1.807, 2.05) is 24.3 Å². The second-order valence-electron chi connectivity index (χ2n) is 5.72. The maximum absolute atomic E-state index is 8.89. The summed E-state index contributed by atoms with van der Waals surface area (Å²) in [5.74, 6) is 2.04. The van der Waals surface area contributed by atoms with Gasteiger partial charge < -0.3 is 15.7 Å². The van der Waals surface area contributed by atoms with Gasteiger partial charge in [0.25, 0.3) is 0 Å². The number of hydrogen-bond acceptors (Lipinski definition) is 5. The fourth-order valence-electron chi connectivity index (χ4n) is 2.33. The minimum absolute atomic E-state index is 0.169. The van der Waals surface area contributed by atoms with E-state index in [0.717, 1.165) is 16.0 Å². The summed E-state index contributed by atoms with van der Waals surface area (Å²) in [6, 6.07) is 10.2. The zero-order valence-electron chi connectivity index (χ0n) is 12.9. The molecule has 23 heavy (non-hydrogen) atoms. The van der Waals surface area contributed by atoms with Crippen LogP contribution in [0.2, 0.25) is 0 Å². The second kappa shape index (κ2) is 7.75. The van der Waals surface area contributed by atoms with Crippen LogP contribution in [0.5, 0.6) is 0 Å². The van der Waals surface area contributed by atoms with Gasteiger partial charge in [-0.2, -0.15) is 4.98 Å². The Bertz CT molecular complexity index is 661. The van der Waals surface area contributed by atoms with Crippen molar-refractivity contribution in [3.63, 3.8) is 0 Å². The molecule has 1 aromatic carbocycles. The van der Waals surface area contributed by atoms with Crippen molar-refractivity contribution >= 4 is 27.7 Å². The van der Waals surface area contributed by atoms with Gasteiger partial charge in [0.1, 0.15) is 5.82 Å². The number of anilines is 2. The zero-order chi connectivity index (χ0) is 16.1. The second-order valence-corrected chi connectivity index (χ2v) is 6.58. The number of aliphatic hydroxyl groups excluding tert-OH is 1. The molecule has 0 amide bonds. The van der Waals surface area contributed by atoms with Crippen molar-refractivity contribution in [2.75, 3.05) is 23.8 Å². The molecule has 0 unspecified atom stereocenters. The number of rotatable bonds is 8. The lowest BCUT2D eigenvalue weighted by Gasteiger charge is -2.11. The van der Waals surface area contributed by atoms with Gasteiger partial charge in [-0.3, -0.25) is 0 Å². The predicted octanol–water partition coefficient (Wildman–Crippen LogP) is 3.52. The minimum atomic E-state index is 0.169. The summed E-state index contributed by atoms with van der Waals surface area (Å²) < 4.78 is 1.09. The first kappa shape index (κ1) is 16.2. The molecule has 0 radical (unpaired) electrons. The average molecular weight is 377 g/mol. The number of nitrogens with zero attached hydrogens (tertiary/aromatic N) is 2. The first-order valence-corrected chi connectivity index (χ1v) is 8.76. The molecule has 5 nitrogen and oxygen atoms in total. The Balaban J connectivity index is 1.71. The van der Waals surface area contributed by atoms with Crippen LogP contribution in [0.1, 0.15) is 36.4 Å². The van der Waals surface area contributed by atoms with Gasteiger partial charge in [-0.05, 0) is 30.9 Å². The standard InChI is InChI=1S/C17H21BrN4O/c18-14-5-2-1-4-13(14)11-20-16-10-15(12-6-7-12)21-17(22-16)19-8-3-9-23/h1-2,4-5,10,12,23H,3,6-9,11H2,(H2,19,20,21,22). The van der Waals surface area contributed by atoms with Crippen molar-refractivity contribution in [2.45, 2.75) is 31.7 Å². The number of hydrogen-bond donors (Lipinski definition) is 3. The molecule has 0 atom stereocenters. The van der Waals surface area contributed by atoms with Crippen LogP contribution in [-0.4, -0.2) is 28.2 Å². The van der Waals surface area contributed by atoms with Crippen molar-refractivity contribution in [1.29, 1.82) is 0 Å². The maximum Gasteiger partial charge on any atom is 0.224 e. The number of nitrogens with one attached hydrogen (secondary N) is 2. The molecule has 1 aromatic heterocycles. The predicted molar refractivity (Wildman–Crippen MR) is 95.7 cm³/mol. The Morgan fingerprint density at radius 1 is 1.17 bits per heavy atom. The summed E-state index contributed by atoms with van der Waals surface area (Å²) in [5.41, 5.74) is 2.29. The van der Waals surface area contributed by atoms with Gasteiger partial charge in [0.2, 0.25) is 5.95 Å². The molecule has 1 fully saturated rings. The Hall–Kier alpha value is -1.66. The summed E-state index contributed by atoms with van der Waals surface area (Å²) in [6.07, 6.45) is 3.10. The van der Waals surface area contributed by atoms with Gasteiger partial charge in [-0.15, -0.1) is 0 Å². The molecule has 0 bridgehead atoms. The van der Waals surface area contributed by atoms with Crippen LogP contribution in [0.15, 0.2) is 34.8 Å². The monoisotopic (exact) mass is 376 g/mol. The number of aliphatic hydroxyl groups is 1. The van der Waals surface area contributed by atoms with Crippen molar-refractivity contribution in [3.05, 3.63) is 46.1 Å². The highest BCUT2D eigenvalue weighted by atomic mass is 79.9. The molecule has 1 saturated carbocycles. The van der Waals surface area contributed by atoms with E-state index in [9.17, 15) is 0 Å². The Kier molecular flexibility index (Phi) is 5.46. The van der Waals surface area contributed by atoms with Crippen LogP contribution in [0.3, 0.4) is 0 Å². The fraction of sp³-hybridized carbons (Fsp3) is 0.412. The Morgan fingerprint density at radius 2 is 2.00 bits per heavy atom.